The minimum absolute atomic E-state index is 0.154. The summed E-state index contributed by atoms with van der Waals surface area (Å²) in [6.45, 7) is 18.0. The van der Waals surface area contributed by atoms with Gasteiger partial charge in [-0.1, -0.05) is 115 Å². The van der Waals surface area contributed by atoms with Crippen LogP contribution in [0.1, 0.15) is 107 Å². The molecule has 0 spiro atoms. The third kappa shape index (κ3) is 12.9. The Kier molecular flexibility index (Phi) is 14.4. The summed E-state index contributed by atoms with van der Waals surface area (Å²) in [5.74, 6) is -0.154. The van der Waals surface area contributed by atoms with Gasteiger partial charge in [0, 0.05) is 102 Å². The maximum atomic E-state index is 8.55. The monoisotopic (exact) mass is 1130 g/mol. The maximum Gasteiger partial charge on any atom is 0.213 e. The highest BCUT2D eigenvalue weighted by molar-refractivity contribution is 5.86. The fraction of sp³-hybridized carbons (Fsp3) is 0.259. The lowest BCUT2D eigenvalue weighted by atomic mass is 9.95. The highest BCUT2D eigenvalue weighted by Crippen LogP contribution is 2.32. The second-order valence-electron chi connectivity index (χ2n) is 23.5. The van der Waals surface area contributed by atoms with Gasteiger partial charge in [0.1, 0.15) is 28.2 Å². The molecule has 430 valence electrons. The molecule has 85 heavy (non-hydrogen) atoms. The Bertz CT molecular complexity index is 4960. The summed E-state index contributed by atoms with van der Waals surface area (Å²) in [6.07, 6.45) is -1.44. The molecule has 4 aromatic heterocycles. The average molecular weight is 1130 g/mol. The van der Waals surface area contributed by atoms with Crippen LogP contribution in [0.4, 0.5) is 0 Å². The summed E-state index contributed by atoms with van der Waals surface area (Å²) in [5.41, 5.74) is 26.1. The van der Waals surface area contributed by atoms with Crippen LogP contribution in [0.15, 0.2) is 182 Å². The number of para-hydroxylation sites is 2. The highest BCUT2D eigenvalue weighted by Gasteiger charge is 2.22. The number of aryl methyl sites for hydroxylation is 14. The second-order valence-corrected chi connectivity index (χ2v) is 23.5. The van der Waals surface area contributed by atoms with Crippen molar-refractivity contribution in [1.82, 2.24) is 0 Å². The van der Waals surface area contributed by atoms with Crippen LogP contribution in [0.2, 0.25) is 0 Å². The van der Waals surface area contributed by atoms with Crippen molar-refractivity contribution in [3.05, 3.63) is 260 Å². The van der Waals surface area contributed by atoms with Crippen molar-refractivity contribution < 1.29 is 33.3 Å². The van der Waals surface area contributed by atoms with Crippen LogP contribution in [-0.2, 0) is 34.6 Å². The van der Waals surface area contributed by atoms with Gasteiger partial charge in [0.2, 0.25) is 44.8 Å². The number of aromatic nitrogens is 4. The summed E-state index contributed by atoms with van der Waals surface area (Å²) in [5, 5.41) is 4.60. The molecular weight excluding hydrogens is 1030 g/mol. The molecule has 0 amide bonds. The van der Waals surface area contributed by atoms with Gasteiger partial charge in [-0.2, -0.15) is 18.3 Å². The van der Waals surface area contributed by atoms with Gasteiger partial charge in [0.05, 0.1) is 5.39 Å². The molecule has 0 aliphatic heterocycles. The zero-order valence-electron chi connectivity index (χ0n) is 63.7. The minimum Gasteiger partial charge on any atom is -0.194 e. The number of pyridine rings is 4. The van der Waals surface area contributed by atoms with E-state index in [9.17, 15) is 0 Å². The molecule has 0 saturated carbocycles. The lowest BCUT2D eigenvalue weighted by Gasteiger charge is -2.12. The topological polar surface area (TPSA) is 15.5 Å². The SMILES string of the molecule is Cc1cc(C)c(C)c(-c2cc(C)c3c(C)cccc3[n+]2C)c1.[2H]C([2H])([2H])c1cc(C)cc(-c2ccc3c(C([2H])([2H])C(C)C)cccc3[n+]2C)c1C.[2H]C([2H])([2H])c1cc(C)cc(-c2ccc3ccccc3[n+]2C)c1C.[2H]C([2H])([2H])c1ccc(-c2ccc3ccccc3[n+]2C)c(C)c1. The second kappa shape index (κ2) is 25.7. The fourth-order valence-electron chi connectivity index (χ4n) is 12.1. The van der Waals surface area contributed by atoms with Crippen molar-refractivity contribution >= 4 is 43.6 Å². The zero-order valence-corrected chi connectivity index (χ0v) is 52.7. The van der Waals surface area contributed by atoms with Crippen LogP contribution >= 0.6 is 0 Å². The zero-order chi connectivity index (χ0) is 70.4. The molecule has 8 aromatic carbocycles. The van der Waals surface area contributed by atoms with Gasteiger partial charge in [-0.05, 0) is 212 Å². The van der Waals surface area contributed by atoms with Crippen LogP contribution in [0.25, 0.3) is 88.6 Å². The molecule has 0 saturated heterocycles. The smallest absolute Gasteiger partial charge is 0.194 e. The first-order valence-corrected chi connectivity index (χ1v) is 29.4. The largest absolute Gasteiger partial charge is 0.213 e. The first-order chi connectivity index (χ1) is 44.9. The molecule has 0 radical (unpaired) electrons. The predicted molar refractivity (Wildman–Crippen MR) is 362 cm³/mol. The molecule has 4 heteroatoms. The van der Waals surface area contributed by atoms with Gasteiger partial charge in [0.15, 0.2) is 0 Å². The molecule has 0 fully saturated rings. The third-order valence-electron chi connectivity index (χ3n) is 16.8. The molecule has 0 N–H and O–H groups in total. The lowest BCUT2D eigenvalue weighted by molar-refractivity contribution is -0.633. The third-order valence-corrected chi connectivity index (χ3v) is 16.8. The van der Waals surface area contributed by atoms with Crippen LogP contribution in [-0.4, -0.2) is 0 Å². The molecule has 12 rings (SSSR count). The summed E-state index contributed by atoms with van der Waals surface area (Å²) >= 11 is 0. The molecule has 12 aromatic rings. The van der Waals surface area contributed by atoms with Crippen LogP contribution in [0.3, 0.4) is 0 Å². The number of hydrogen-bond acceptors (Lipinski definition) is 0. The number of hydrogen-bond donors (Lipinski definition) is 0. The Morgan fingerprint density at radius 3 is 1.33 bits per heavy atom. The maximum absolute atomic E-state index is 8.55. The quantitative estimate of drug-likeness (QED) is 0.148. The van der Waals surface area contributed by atoms with Crippen molar-refractivity contribution in [2.24, 2.45) is 34.1 Å². The van der Waals surface area contributed by atoms with E-state index in [0.29, 0.717) is 22.3 Å². The normalized spacial score (nSPS) is 13.7. The summed E-state index contributed by atoms with van der Waals surface area (Å²) in [6, 6.07) is 60.8. The highest BCUT2D eigenvalue weighted by atomic mass is 15.0. The number of fused-ring (bicyclic) bond motifs is 4. The van der Waals surface area contributed by atoms with Crippen LogP contribution in [0.5, 0.6) is 0 Å². The lowest BCUT2D eigenvalue weighted by Crippen LogP contribution is -2.32. The molecule has 0 aliphatic rings. The minimum atomic E-state index is -2.17. The Labute approximate surface area is 523 Å². The summed E-state index contributed by atoms with van der Waals surface area (Å²) in [4.78, 5) is 0. The van der Waals surface area contributed by atoms with Gasteiger partial charge in [-0.3, -0.25) is 0 Å². The number of nitrogens with zero attached hydrogens (tertiary/aromatic N) is 4. The van der Waals surface area contributed by atoms with E-state index in [0.717, 1.165) is 83.5 Å². The molecule has 0 aliphatic carbocycles. The molecule has 0 atom stereocenters. The van der Waals surface area contributed by atoms with Crippen LogP contribution < -0.4 is 18.3 Å². The Morgan fingerprint density at radius 2 is 0.788 bits per heavy atom. The molecule has 4 nitrogen and oxygen atoms in total. The summed E-state index contributed by atoms with van der Waals surface area (Å²) < 4.78 is 95.3. The van der Waals surface area contributed by atoms with E-state index in [1.165, 1.54) is 60.8 Å². The van der Waals surface area contributed by atoms with Gasteiger partial charge in [0.25, 0.3) is 0 Å². The van der Waals surface area contributed by atoms with Gasteiger partial charge in [-0.15, -0.1) is 0 Å². The standard InChI is InChI=1S/C23H28N.C21H24N.C19H20N.C18H18N/c1-15(2)12-19-8-7-9-22-20(19)10-11-23(24(22)6)21-14-16(3)13-17(4)18(21)5;1-13-10-15(3)17(5)18(11-13)20-12-16(4)21-14(2)8-7-9-19(21)22(20)6;1-13-11-14(2)15(3)17(12-13)19-10-9-16-7-5-6-8-18(16)20(19)4;1-13-8-10-16(14(2)12-13)18-11-9-15-6-4-5-7-17(15)19(18)3/h7-11,13-15H,12H2,1-6H3;7-12H,1-6H3;5-12H,1-4H3;4-12H,1-3H3/q4*+1/i4D3,12D2;;2D3;1D3. The van der Waals surface area contributed by atoms with E-state index in [1.54, 1.807) is 24.3 Å². The van der Waals surface area contributed by atoms with E-state index in [2.05, 4.69) is 146 Å². The number of rotatable bonds is 6. The average Bonchev–Trinajstić information content (AvgIpc) is 0.766. The van der Waals surface area contributed by atoms with E-state index in [4.69, 9.17) is 15.1 Å². The number of benzene rings is 8. The van der Waals surface area contributed by atoms with Crippen molar-refractivity contribution in [2.45, 2.75) is 110 Å². The van der Waals surface area contributed by atoms with E-state index in [1.807, 2.05) is 141 Å². The van der Waals surface area contributed by atoms with E-state index in [-0.39, 0.29) is 5.92 Å². The van der Waals surface area contributed by atoms with Crippen molar-refractivity contribution in [2.75, 3.05) is 0 Å². The van der Waals surface area contributed by atoms with E-state index >= 15 is 0 Å². The Balaban J connectivity index is 0.000000151. The first-order valence-electron chi connectivity index (χ1n) is 34.9. The van der Waals surface area contributed by atoms with Crippen molar-refractivity contribution in [3.8, 4) is 45.0 Å². The summed E-state index contributed by atoms with van der Waals surface area (Å²) in [7, 11) is 8.18. The Hall–Kier alpha value is -8.60. The van der Waals surface area contributed by atoms with E-state index < -0.39 is 26.9 Å². The van der Waals surface area contributed by atoms with Crippen molar-refractivity contribution in [3.63, 3.8) is 0 Å². The Morgan fingerprint density at radius 1 is 0.341 bits per heavy atom. The predicted octanol–water partition coefficient (Wildman–Crippen LogP) is 18.5. The first kappa shape index (κ1) is 47.7. The fourth-order valence-corrected chi connectivity index (χ4v) is 12.1. The molecular formula is C81H90N4+4. The molecule has 0 unspecified atom stereocenters. The van der Waals surface area contributed by atoms with Gasteiger partial charge in [-0.25, -0.2) is 0 Å². The van der Waals surface area contributed by atoms with Crippen LogP contribution in [0, 0.1) is 95.7 Å². The van der Waals surface area contributed by atoms with Gasteiger partial charge < -0.3 is 0 Å². The molecule has 4 heterocycles. The van der Waals surface area contributed by atoms with Gasteiger partial charge >= 0.3 is 0 Å². The van der Waals surface area contributed by atoms with Crippen molar-refractivity contribution in [1.29, 1.82) is 0 Å². The molecule has 0 bridgehead atoms.